The molecule has 0 bridgehead atoms. The average molecular weight is 424 g/mol. The van der Waals surface area contributed by atoms with Crippen molar-refractivity contribution in [3.05, 3.63) is 70.3 Å². The zero-order chi connectivity index (χ0) is 21.4. The van der Waals surface area contributed by atoms with Crippen molar-refractivity contribution in [2.75, 3.05) is 13.4 Å². The summed E-state index contributed by atoms with van der Waals surface area (Å²) >= 11 is 1.16. The van der Waals surface area contributed by atoms with Gasteiger partial charge in [0.1, 0.15) is 24.5 Å². The van der Waals surface area contributed by atoms with E-state index in [4.69, 9.17) is 9.68 Å². The Hall–Kier alpha value is -2.81. The van der Waals surface area contributed by atoms with E-state index in [1.165, 1.54) is 19.2 Å². The molecule has 0 fully saturated rings. The van der Waals surface area contributed by atoms with E-state index < -0.39 is 11.7 Å². The minimum Gasteiger partial charge on any atom is -0.399 e. The first-order chi connectivity index (χ1) is 13.8. The summed E-state index contributed by atoms with van der Waals surface area (Å²) in [5.74, 6) is 0. The van der Waals surface area contributed by atoms with E-state index in [2.05, 4.69) is 10.3 Å². The Balaban J connectivity index is 2.29. The Morgan fingerprint density at radius 3 is 2.52 bits per heavy atom. The number of rotatable bonds is 7. The van der Waals surface area contributed by atoms with Crippen LogP contribution < -0.4 is 0 Å². The molecule has 0 aromatic heterocycles. The number of thioether (sulfide) groups is 1. The molecule has 0 aliphatic heterocycles. The van der Waals surface area contributed by atoms with Crippen molar-refractivity contribution in [2.24, 2.45) is 10.3 Å². The number of aldehydes is 1. The Bertz CT molecular complexity index is 927. The molecular formula is C20H19F3N2O3S. The zero-order valence-corrected chi connectivity index (χ0v) is 16.8. The minimum atomic E-state index is -4.44. The van der Waals surface area contributed by atoms with Crippen LogP contribution in [0.25, 0.3) is 0 Å². The van der Waals surface area contributed by atoms with E-state index in [0.29, 0.717) is 28.0 Å². The molecular weight excluding hydrogens is 405 g/mol. The number of halogens is 3. The van der Waals surface area contributed by atoms with Crippen LogP contribution in [0.4, 0.5) is 13.2 Å². The molecule has 2 aromatic carbocycles. The van der Waals surface area contributed by atoms with E-state index in [9.17, 15) is 18.0 Å². The highest BCUT2D eigenvalue weighted by Gasteiger charge is 2.30. The third-order valence-electron chi connectivity index (χ3n) is 3.97. The van der Waals surface area contributed by atoms with Crippen molar-refractivity contribution < 1.29 is 27.6 Å². The molecule has 0 saturated heterocycles. The lowest BCUT2D eigenvalue weighted by atomic mass is 9.99. The average Bonchev–Trinajstić information content (AvgIpc) is 2.70. The standard InChI is InChI=1S/C20H19F3N2O3S/c1-13-6-4-9-16(18(11-26)24-27-2)17(13)12-28-25-19(29-3)14-7-5-8-15(10-14)20(21,22)23/h4-11H,12H2,1-3H3/b24-18-,25-19-. The molecule has 0 unspecified atom stereocenters. The lowest BCUT2D eigenvalue weighted by molar-refractivity contribution is -0.137. The lowest BCUT2D eigenvalue weighted by Gasteiger charge is -2.12. The van der Waals surface area contributed by atoms with Crippen molar-refractivity contribution >= 4 is 28.8 Å². The highest BCUT2D eigenvalue weighted by molar-refractivity contribution is 8.13. The lowest BCUT2D eigenvalue weighted by Crippen LogP contribution is -2.09. The van der Waals surface area contributed by atoms with Gasteiger partial charge in [-0.25, -0.2) is 0 Å². The Morgan fingerprint density at radius 1 is 1.17 bits per heavy atom. The molecule has 0 atom stereocenters. The number of aryl methyl sites for hydroxylation is 1. The molecule has 0 aliphatic rings. The van der Waals surface area contributed by atoms with Gasteiger partial charge in [0.25, 0.3) is 0 Å². The van der Waals surface area contributed by atoms with Crippen LogP contribution in [0.15, 0.2) is 52.8 Å². The van der Waals surface area contributed by atoms with Gasteiger partial charge in [-0.2, -0.15) is 13.2 Å². The van der Waals surface area contributed by atoms with Crippen molar-refractivity contribution in [3.63, 3.8) is 0 Å². The molecule has 0 spiro atoms. The van der Waals surface area contributed by atoms with Crippen LogP contribution >= 0.6 is 11.8 Å². The molecule has 0 N–H and O–H groups in total. The van der Waals surface area contributed by atoms with Gasteiger partial charge >= 0.3 is 6.18 Å². The van der Waals surface area contributed by atoms with Gasteiger partial charge in [0.15, 0.2) is 6.29 Å². The summed E-state index contributed by atoms with van der Waals surface area (Å²) in [4.78, 5) is 21.4. The summed E-state index contributed by atoms with van der Waals surface area (Å²) in [6.45, 7) is 1.84. The first-order valence-corrected chi connectivity index (χ1v) is 9.61. The number of hydrogen-bond donors (Lipinski definition) is 0. The molecule has 0 heterocycles. The minimum absolute atomic E-state index is 0.00159. The van der Waals surface area contributed by atoms with Gasteiger partial charge in [-0.15, -0.1) is 11.8 Å². The van der Waals surface area contributed by atoms with Crippen molar-refractivity contribution in [1.29, 1.82) is 0 Å². The van der Waals surface area contributed by atoms with Crippen LogP contribution in [0.1, 0.15) is 27.8 Å². The molecule has 154 valence electrons. The van der Waals surface area contributed by atoms with Crippen LogP contribution in [0.5, 0.6) is 0 Å². The summed E-state index contributed by atoms with van der Waals surface area (Å²) in [5.41, 5.74) is 1.68. The van der Waals surface area contributed by atoms with E-state index in [1.807, 2.05) is 13.0 Å². The number of carbonyl (C=O) groups is 1. The molecule has 5 nitrogen and oxygen atoms in total. The SMILES string of the molecule is CO/N=C(/C=O)c1cccc(C)c1CO/N=C(\SC)c1cccc(C(F)(F)F)c1. The molecule has 9 heteroatoms. The number of nitrogens with zero attached hydrogens (tertiary/aromatic N) is 2. The second kappa shape index (κ2) is 10.1. The largest absolute Gasteiger partial charge is 0.416 e. The second-order valence-corrected chi connectivity index (χ2v) is 6.63. The molecule has 2 aromatic rings. The molecule has 2 rings (SSSR count). The van der Waals surface area contributed by atoms with E-state index >= 15 is 0 Å². The third kappa shape index (κ3) is 5.83. The summed E-state index contributed by atoms with van der Waals surface area (Å²) in [6.07, 6.45) is -2.18. The quantitative estimate of drug-likeness (QED) is 0.277. The highest BCUT2D eigenvalue weighted by atomic mass is 32.2. The number of benzene rings is 2. The summed E-state index contributed by atoms with van der Waals surface area (Å²) in [6, 6.07) is 10.2. The van der Waals surface area contributed by atoms with Crippen LogP contribution in [-0.4, -0.2) is 30.4 Å². The third-order valence-corrected chi connectivity index (χ3v) is 4.67. The Kier molecular flexibility index (Phi) is 7.83. The maximum Gasteiger partial charge on any atom is 0.416 e. The molecule has 0 aliphatic carbocycles. The van der Waals surface area contributed by atoms with Crippen molar-refractivity contribution in [2.45, 2.75) is 19.7 Å². The zero-order valence-electron chi connectivity index (χ0n) is 16.0. The monoisotopic (exact) mass is 424 g/mol. The summed E-state index contributed by atoms with van der Waals surface area (Å²) < 4.78 is 38.8. The fraction of sp³-hybridized carbons (Fsp3) is 0.250. The topological polar surface area (TPSA) is 60.2 Å². The van der Waals surface area contributed by atoms with Gasteiger partial charge in [-0.1, -0.05) is 40.6 Å². The number of oxime groups is 2. The first kappa shape index (κ1) is 22.5. The fourth-order valence-electron chi connectivity index (χ4n) is 2.56. The number of carbonyl (C=O) groups excluding carboxylic acids is 1. The Labute approximate surface area is 170 Å². The number of hydrogen-bond acceptors (Lipinski definition) is 6. The van der Waals surface area contributed by atoms with Gasteiger partial charge in [0.05, 0.1) is 5.56 Å². The second-order valence-electron chi connectivity index (χ2n) is 5.83. The summed E-state index contributed by atoms with van der Waals surface area (Å²) in [7, 11) is 1.33. The molecule has 0 radical (unpaired) electrons. The van der Waals surface area contributed by atoms with Crippen LogP contribution in [0.2, 0.25) is 0 Å². The maximum atomic E-state index is 12.9. The smallest absolute Gasteiger partial charge is 0.399 e. The fourth-order valence-corrected chi connectivity index (χ4v) is 3.05. The summed E-state index contributed by atoms with van der Waals surface area (Å²) in [5, 5.41) is 8.00. The van der Waals surface area contributed by atoms with Gasteiger partial charge < -0.3 is 9.68 Å². The van der Waals surface area contributed by atoms with E-state index in [-0.39, 0.29) is 12.3 Å². The van der Waals surface area contributed by atoms with E-state index in [1.54, 1.807) is 18.4 Å². The van der Waals surface area contributed by atoms with Crippen LogP contribution in [0.3, 0.4) is 0 Å². The van der Waals surface area contributed by atoms with Gasteiger partial charge in [-0.3, -0.25) is 4.79 Å². The normalized spacial score (nSPS) is 12.6. The van der Waals surface area contributed by atoms with Gasteiger partial charge in [0, 0.05) is 16.7 Å². The Morgan fingerprint density at radius 2 is 1.90 bits per heavy atom. The maximum absolute atomic E-state index is 12.9. The van der Waals surface area contributed by atoms with Crippen molar-refractivity contribution in [1.82, 2.24) is 0 Å². The van der Waals surface area contributed by atoms with Gasteiger partial charge in [-0.05, 0) is 30.9 Å². The van der Waals surface area contributed by atoms with Gasteiger partial charge in [0.2, 0.25) is 0 Å². The predicted octanol–water partition coefficient (Wildman–Crippen LogP) is 4.80. The molecule has 29 heavy (non-hydrogen) atoms. The van der Waals surface area contributed by atoms with Crippen molar-refractivity contribution in [3.8, 4) is 0 Å². The molecule has 0 amide bonds. The van der Waals surface area contributed by atoms with Crippen LogP contribution in [0, 0.1) is 6.92 Å². The van der Waals surface area contributed by atoms with E-state index in [0.717, 1.165) is 29.5 Å². The molecule has 0 saturated carbocycles. The number of alkyl halides is 3. The first-order valence-electron chi connectivity index (χ1n) is 8.38. The van der Waals surface area contributed by atoms with Crippen LogP contribution in [-0.2, 0) is 27.3 Å². The predicted molar refractivity (Wildman–Crippen MR) is 107 cm³/mol. The highest BCUT2D eigenvalue weighted by Crippen LogP contribution is 2.30.